The number of nitrogens with zero attached hydrogens (tertiary/aromatic N) is 4. The third-order valence-electron chi connectivity index (χ3n) is 3.16. The zero-order chi connectivity index (χ0) is 14.7. The second-order valence-corrected chi connectivity index (χ2v) is 4.60. The lowest BCUT2D eigenvalue weighted by molar-refractivity contribution is 0.109. The van der Waals surface area contributed by atoms with Gasteiger partial charge in [-0.05, 0) is 0 Å². The predicted molar refractivity (Wildman–Crippen MR) is 74.9 cm³/mol. The highest BCUT2D eigenvalue weighted by molar-refractivity contribution is 5.69. The van der Waals surface area contributed by atoms with E-state index in [1.54, 1.807) is 18.7 Å². The molecule has 2 aromatic heterocycles. The minimum atomic E-state index is -0.360. The number of hydrogen-bond acceptors (Lipinski definition) is 5. The lowest BCUT2D eigenvalue weighted by Crippen LogP contribution is -2.37. The van der Waals surface area contributed by atoms with E-state index in [0.29, 0.717) is 11.2 Å². The van der Waals surface area contributed by atoms with Gasteiger partial charge in [0, 0.05) is 34.2 Å². The third-order valence-corrected chi connectivity index (χ3v) is 3.16. The van der Waals surface area contributed by atoms with Crippen LogP contribution in [-0.2, 0) is 25.9 Å². The summed E-state index contributed by atoms with van der Waals surface area (Å²) in [7, 11) is 4.77. The number of hydrogen-bond donors (Lipinski definition) is 1. The van der Waals surface area contributed by atoms with Gasteiger partial charge in [0.1, 0.15) is 0 Å². The van der Waals surface area contributed by atoms with Crippen LogP contribution in [0, 0.1) is 0 Å². The Morgan fingerprint density at radius 1 is 1.15 bits per heavy atom. The van der Waals surface area contributed by atoms with Crippen LogP contribution in [0.15, 0.2) is 15.9 Å². The van der Waals surface area contributed by atoms with Crippen molar-refractivity contribution in [3.63, 3.8) is 0 Å². The van der Waals surface area contributed by atoms with Gasteiger partial charge in [0.05, 0.1) is 19.5 Å². The summed E-state index contributed by atoms with van der Waals surface area (Å²) in [5, 5.41) is 3.16. The summed E-state index contributed by atoms with van der Waals surface area (Å²) in [6.45, 7) is 3.83. The van der Waals surface area contributed by atoms with E-state index >= 15 is 0 Å². The van der Waals surface area contributed by atoms with E-state index in [0.717, 1.165) is 30.9 Å². The molecule has 0 aliphatic carbocycles. The van der Waals surface area contributed by atoms with Gasteiger partial charge < -0.3 is 14.6 Å². The molecule has 3 rings (SSSR count). The van der Waals surface area contributed by atoms with Crippen LogP contribution >= 0.6 is 0 Å². The largest absolute Gasteiger partial charge is 0.379 e. The van der Waals surface area contributed by atoms with E-state index in [1.165, 1.54) is 17.9 Å². The van der Waals surface area contributed by atoms with Gasteiger partial charge in [0.2, 0.25) is 0 Å². The van der Waals surface area contributed by atoms with Crippen molar-refractivity contribution >= 4 is 11.2 Å². The summed E-state index contributed by atoms with van der Waals surface area (Å²) in [4.78, 5) is 27.2. The van der Waals surface area contributed by atoms with Crippen molar-refractivity contribution in [3.05, 3.63) is 27.2 Å². The van der Waals surface area contributed by atoms with Crippen molar-refractivity contribution in [2.45, 2.75) is 0 Å². The van der Waals surface area contributed by atoms with E-state index in [-0.39, 0.29) is 11.2 Å². The number of rotatable bonds is 0. The Kier molecular flexibility index (Phi) is 4.35. The topological polar surface area (TPSA) is 83.1 Å². The summed E-state index contributed by atoms with van der Waals surface area (Å²) in [6.07, 6.45) is 1.52. The molecular weight excluding hydrogens is 262 g/mol. The highest BCUT2D eigenvalue weighted by Crippen LogP contribution is 2.01. The minimum Gasteiger partial charge on any atom is -0.379 e. The summed E-state index contributed by atoms with van der Waals surface area (Å²) in [5.74, 6) is 0. The molecule has 0 aromatic carbocycles. The van der Waals surface area contributed by atoms with Gasteiger partial charge >= 0.3 is 5.69 Å². The maximum absolute atomic E-state index is 11.7. The van der Waals surface area contributed by atoms with E-state index < -0.39 is 0 Å². The molecule has 0 unspecified atom stereocenters. The number of fused-ring (bicyclic) bond motifs is 1. The lowest BCUT2D eigenvalue weighted by atomic mass is 10.5. The van der Waals surface area contributed by atoms with Crippen LogP contribution in [0.1, 0.15) is 0 Å². The number of aryl methyl sites for hydroxylation is 2. The molecule has 20 heavy (non-hydrogen) atoms. The Hall–Kier alpha value is -1.93. The number of aromatic nitrogens is 4. The molecule has 0 saturated carbocycles. The van der Waals surface area contributed by atoms with E-state index in [9.17, 15) is 9.59 Å². The summed E-state index contributed by atoms with van der Waals surface area (Å²) in [5.41, 5.74) is 0.180. The van der Waals surface area contributed by atoms with E-state index in [2.05, 4.69) is 10.3 Å². The second kappa shape index (κ2) is 6.02. The summed E-state index contributed by atoms with van der Waals surface area (Å²) in [6, 6.07) is 0. The summed E-state index contributed by atoms with van der Waals surface area (Å²) >= 11 is 0. The highest BCUT2D eigenvalue weighted by atomic mass is 16.5. The average Bonchev–Trinajstić information content (AvgIpc) is 2.87. The van der Waals surface area contributed by atoms with Gasteiger partial charge in [-0.15, -0.1) is 0 Å². The first-order valence-electron chi connectivity index (χ1n) is 6.39. The Balaban J connectivity index is 0.000000205. The van der Waals surface area contributed by atoms with Crippen LogP contribution < -0.4 is 16.6 Å². The fraction of sp³-hybridized carbons (Fsp3) is 0.583. The molecule has 1 saturated heterocycles. The van der Waals surface area contributed by atoms with E-state index in [1.807, 2.05) is 0 Å². The van der Waals surface area contributed by atoms with Gasteiger partial charge in [-0.2, -0.15) is 0 Å². The number of ether oxygens (including phenoxy) is 1. The Bertz CT molecular complexity index is 697. The molecule has 1 N–H and O–H groups in total. The number of morpholine rings is 1. The molecule has 0 amide bonds. The molecule has 0 bridgehead atoms. The Labute approximate surface area is 115 Å². The first kappa shape index (κ1) is 14.5. The fourth-order valence-corrected chi connectivity index (χ4v) is 1.99. The SMILES string of the molecule is C1COCCN1.Cn1c(=O)c2c(ncn2C)n(C)c1=O. The molecule has 2 aromatic rings. The maximum atomic E-state index is 11.7. The van der Waals surface area contributed by atoms with Gasteiger partial charge in [-0.1, -0.05) is 0 Å². The van der Waals surface area contributed by atoms with Crippen LogP contribution in [0.5, 0.6) is 0 Å². The van der Waals surface area contributed by atoms with Crippen molar-refractivity contribution in [2.24, 2.45) is 21.1 Å². The molecule has 110 valence electrons. The second-order valence-electron chi connectivity index (χ2n) is 4.60. The van der Waals surface area contributed by atoms with Gasteiger partial charge in [0.25, 0.3) is 5.56 Å². The highest BCUT2D eigenvalue weighted by Gasteiger charge is 2.11. The number of imidazole rings is 1. The molecular formula is C12H19N5O3. The number of nitrogens with one attached hydrogen (secondary N) is 1. The molecule has 0 radical (unpaired) electrons. The lowest BCUT2D eigenvalue weighted by Gasteiger charge is -2.10. The zero-order valence-electron chi connectivity index (χ0n) is 11.9. The van der Waals surface area contributed by atoms with Crippen molar-refractivity contribution in [1.29, 1.82) is 0 Å². The normalized spacial score (nSPS) is 14.9. The van der Waals surface area contributed by atoms with E-state index in [4.69, 9.17) is 4.74 Å². The standard InChI is InChI=1S/C8H10N4O2.C4H9NO/c1-10-4-9-6-5(10)7(13)12(3)8(14)11(6)2;1-3-6-4-2-5-1/h4H,1-3H3;5H,1-4H2. The first-order chi connectivity index (χ1) is 9.54. The Morgan fingerprint density at radius 2 is 1.80 bits per heavy atom. The average molecular weight is 281 g/mol. The third kappa shape index (κ3) is 2.66. The minimum absolute atomic E-state index is 0.317. The molecule has 1 fully saturated rings. The van der Waals surface area contributed by atoms with Gasteiger partial charge in [-0.3, -0.25) is 13.9 Å². The molecule has 8 nitrogen and oxygen atoms in total. The molecule has 1 aliphatic rings. The van der Waals surface area contributed by atoms with Crippen molar-refractivity contribution in [1.82, 2.24) is 24.0 Å². The van der Waals surface area contributed by atoms with Crippen LogP contribution in [0.2, 0.25) is 0 Å². The van der Waals surface area contributed by atoms with Crippen LogP contribution in [0.25, 0.3) is 11.2 Å². The quantitative estimate of drug-likeness (QED) is 0.640. The van der Waals surface area contributed by atoms with Gasteiger partial charge in [0.15, 0.2) is 11.2 Å². The zero-order valence-corrected chi connectivity index (χ0v) is 11.9. The predicted octanol–water partition coefficient (Wildman–Crippen LogP) is -1.42. The molecule has 0 spiro atoms. The van der Waals surface area contributed by atoms with Gasteiger partial charge in [-0.25, -0.2) is 9.78 Å². The summed E-state index contributed by atoms with van der Waals surface area (Å²) < 4.78 is 9.05. The monoisotopic (exact) mass is 281 g/mol. The molecule has 8 heteroatoms. The maximum Gasteiger partial charge on any atom is 0.332 e. The van der Waals surface area contributed by atoms with Crippen LogP contribution in [0.3, 0.4) is 0 Å². The molecule has 1 aliphatic heterocycles. The first-order valence-corrected chi connectivity index (χ1v) is 6.39. The molecule has 0 atom stereocenters. The fourth-order valence-electron chi connectivity index (χ4n) is 1.99. The van der Waals surface area contributed by atoms with Crippen LogP contribution in [0.4, 0.5) is 0 Å². The van der Waals surface area contributed by atoms with Crippen LogP contribution in [-0.4, -0.2) is 45.0 Å². The van der Waals surface area contributed by atoms with Crippen molar-refractivity contribution < 1.29 is 4.74 Å². The molecule has 3 heterocycles. The van der Waals surface area contributed by atoms with Crippen molar-refractivity contribution in [2.75, 3.05) is 26.3 Å². The Morgan fingerprint density at radius 3 is 2.30 bits per heavy atom. The smallest absolute Gasteiger partial charge is 0.332 e. The van der Waals surface area contributed by atoms with Crippen molar-refractivity contribution in [3.8, 4) is 0 Å².